The summed E-state index contributed by atoms with van der Waals surface area (Å²) in [4.78, 5) is 10.5. The largest absolute Gasteiger partial charge is 0.481 e. The van der Waals surface area contributed by atoms with Crippen LogP contribution in [0.3, 0.4) is 0 Å². The van der Waals surface area contributed by atoms with Crippen molar-refractivity contribution in [3.8, 4) is 34.5 Å². The standard InChI is InChI=1S/C20H19N5O/c1-26-19-11-16(7-8-22-19)15-4-2-5-17(10-15)18-12-25(14-23-18)20-6-3-9-24(20)13-21/h2,4-5,7-8,10-12,14,20H,3,6,9H2,1H3. The molecule has 0 bridgehead atoms. The van der Waals surface area contributed by atoms with E-state index in [0.29, 0.717) is 5.88 Å². The van der Waals surface area contributed by atoms with Crippen molar-refractivity contribution in [3.05, 3.63) is 55.1 Å². The Morgan fingerprint density at radius 2 is 2.00 bits per heavy atom. The van der Waals surface area contributed by atoms with Crippen LogP contribution in [0.4, 0.5) is 0 Å². The minimum Gasteiger partial charge on any atom is -0.481 e. The molecule has 26 heavy (non-hydrogen) atoms. The van der Waals surface area contributed by atoms with E-state index < -0.39 is 0 Å². The highest BCUT2D eigenvalue weighted by Crippen LogP contribution is 2.30. The summed E-state index contributed by atoms with van der Waals surface area (Å²) in [5, 5.41) is 9.25. The third-order valence-electron chi connectivity index (χ3n) is 4.73. The average molecular weight is 345 g/mol. The van der Waals surface area contributed by atoms with Crippen molar-refractivity contribution in [2.75, 3.05) is 13.7 Å². The second-order valence-corrected chi connectivity index (χ2v) is 6.29. The van der Waals surface area contributed by atoms with E-state index in [4.69, 9.17) is 4.74 Å². The molecule has 3 aromatic rings. The first-order chi connectivity index (χ1) is 12.8. The molecular formula is C20H19N5O. The van der Waals surface area contributed by atoms with Gasteiger partial charge >= 0.3 is 0 Å². The van der Waals surface area contributed by atoms with Crippen LogP contribution in [0.15, 0.2) is 55.1 Å². The Bertz CT molecular complexity index is 959. The van der Waals surface area contributed by atoms with E-state index in [0.717, 1.165) is 41.8 Å². The summed E-state index contributed by atoms with van der Waals surface area (Å²) < 4.78 is 7.25. The van der Waals surface area contributed by atoms with Crippen molar-refractivity contribution in [2.45, 2.75) is 19.0 Å². The normalized spacial score (nSPS) is 16.5. The quantitative estimate of drug-likeness (QED) is 0.675. The molecule has 0 saturated carbocycles. The number of hydrogen-bond acceptors (Lipinski definition) is 5. The van der Waals surface area contributed by atoms with Gasteiger partial charge in [0.1, 0.15) is 6.17 Å². The second kappa shape index (κ2) is 6.89. The van der Waals surface area contributed by atoms with Crippen LogP contribution < -0.4 is 4.74 Å². The molecule has 1 aromatic carbocycles. The predicted octanol–water partition coefficient (Wildman–Crippen LogP) is 3.70. The molecule has 130 valence electrons. The van der Waals surface area contributed by atoms with Crippen LogP contribution in [-0.4, -0.2) is 33.1 Å². The first kappa shape index (κ1) is 16.2. The Morgan fingerprint density at radius 1 is 1.15 bits per heavy atom. The van der Waals surface area contributed by atoms with Gasteiger partial charge in [-0.3, -0.25) is 4.90 Å². The second-order valence-electron chi connectivity index (χ2n) is 6.29. The van der Waals surface area contributed by atoms with Gasteiger partial charge in [-0.25, -0.2) is 9.97 Å². The Balaban J connectivity index is 1.64. The van der Waals surface area contributed by atoms with Crippen molar-refractivity contribution >= 4 is 0 Å². The van der Waals surface area contributed by atoms with E-state index in [1.807, 2.05) is 46.3 Å². The topological polar surface area (TPSA) is 67.0 Å². The molecule has 0 spiro atoms. The number of aromatic nitrogens is 3. The molecule has 2 aromatic heterocycles. The maximum atomic E-state index is 9.25. The van der Waals surface area contributed by atoms with E-state index in [2.05, 4.69) is 28.3 Å². The average Bonchev–Trinajstić information content (AvgIpc) is 3.37. The zero-order valence-corrected chi connectivity index (χ0v) is 14.5. The van der Waals surface area contributed by atoms with Gasteiger partial charge in [0.2, 0.25) is 5.88 Å². The number of imidazole rings is 1. The molecular weight excluding hydrogens is 326 g/mol. The lowest BCUT2D eigenvalue weighted by Gasteiger charge is -2.19. The highest BCUT2D eigenvalue weighted by Gasteiger charge is 2.25. The van der Waals surface area contributed by atoms with Crippen molar-refractivity contribution in [1.29, 1.82) is 5.26 Å². The van der Waals surface area contributed by atoms with Crippen LogP contribution in [0, 0.1) is 11.5 Å². The number of nitrogens with zero attached hydrogens (tertiary/aromatic N) is 5. The predicted molar refractivity (Wildman–Crippen MR) is 98.0 cm³/mol. The fourth-order valence-electron chi connectivity index (χ4n) is 3.38. The summed E-state index contributed by atoms with van der Waals surface area (Å²) in [6, 6.07) is 12.1. The van der Waals surface area contributed by atoms with Crippen molar-refractivity contribution < 1.29 is 4.74 Å². The molecule has 1 fully saturated rings. The van der Waals surface area contributed by atoms with E-state index in [9.17, 15) is 5.26 Å². The number of hydrogen-bond donors (Lipinski definition) is 0. The fourth-order valence-corrected chi connectivity index (χ4v) is 3.38. The molecule has 0 N–H and O–H groups in total. The van der Waals surface area contributed by atoms with Crippen LogP contribution in [0.5, 0.6) is 5.88 Å². The third kappa shape index (κ3) is 3.00. The summed E-state index contributed by atoms with van der Waals surface area (Å²) >= 11 is 0. The SMILES string of the molecule is COc1cc(-c2cccc(-c3cn(C4CCCN4C#N)cn3)c2)ccn1. The molecule has 1 atom stereocenters. The van der Waals surface area contributed by atoms with Crippen molar-refractivity contribution in [1.82, 2.24) is 19.4 Å². The van der Waals surface area contributed by atoms with Gasteiger partial charge in [-0.1, -0.05) is 18.2 Å². The molecule has 1 aliphatic heterocycles. The molecule has 0 amide bonds. The molecule has 6 nitrogen and oxygen atoms in total. The molecule has 0 aliphatic carbocycles. The zero-order chi connectivity index (χ0) is 17.9. The number of likely N-dealkylation sites (tertiary alicyclic amines) is 1. The Labute approximate surface area is 152 Å². The van der Waals surface area contributed by atoms with E-state index >= 15 is 0 Å². The lowest BCUT2D eigenvalue weighted by Crippen LogP contribution is -2.21. The summed E-state index contributed by atoms with van der Waals surface area (Å²) in [6.07, 6.45) is 9.93. The minimum atomic E-state index is 0.0777. The van der Waals surface area contributed by atoms with Gasteiger partial charge in [0.25, 0.3) is 0 Å². The third-order valence-corrected chi connectivity index (χ3v) is 4.73. The van der Waals surface area contributed by atoms with E-state index in [-0.39, 0.29) is 6.17 Å². The minimum absolute atomic E-state index is 0.0777. The number of nitriles is 1. The van der Waals surface area contributed by atoms with Gasteiger partial charge in [-0.15, -0.1) is 0 Å². The molecule has 4 rings (SSSR count). The summed E-state index contributed by atoms with van der Waals surface area (Å²) in [6.45, 7) is 0.814. The van der Waals surface area contributed by atoms with Crippen LogP contribution in [0.1, 0.15) is 19.0 Å². The van der Waals surface area contributed by atoms with Gasteiger partial charge in [0.15, 0.2) is 6.19 Å². The lowest BCUT2D eigenvalue weighted by molar-refractivity contribution is 0.281. The number of pyridine rings is 1. The maximum Gasteiger partial charge on any atom is 0.213 e. The van der Waals surface area contributed by atoms with Gasteiger partial charge in [-0.2, -0.15) is 5.26 Å². The zero-order valence-electron chi connectivity index (χ0n) is 14.5. The monoisotopic (exact) mass is 345 g/mol. The van der Waals surface area contributed by atoms with E-state index in [1.165, 1.54) is 0 Å². The summed E-state index contributed by atoms with van der Waals surface area (Å²) in [5.74, 6) is 0.593. The first-order valence-corrected chi connectivity index (χ1v) is 8.59. The summed E-state index contributed by atoms with van der Waals surface area (Å²) in [7, 11) is 1.61. The van der Waals surface area contributed by atoms with Crippen LogP contribution in [0.2, 0.25) is 0 Å². The van der Waals surface area contributed by atoms with Crippen molar-refractivity contribution in [2.24, 2.45) is 0 Å². The molecule has 6 heteroatoms. The number of ether oxygens (including phenoxy) is 1. The van der Waals surface area contributed by atoms with Gasteiger partial charge in [0, 0.05) is 30.6 Å². The Morgan fingerprint density at radius 3 is 2.85 bits per heavy atom. The highest BCUT2D eigenvalue weighted by molar-refractivity contribution is 5.71. The van der Waals surface area contributed by atoms with Crippen LogP contribution in [0.25, 0.3) is 22.4 Å². The molecule has 1 saturated heterocycles. The highest BCUT2D eigenvalue weighted by atomic mass is 16.5. The number of rotatable bonds is 4. The van der Waals surface area contributed by atoms with Crippen molar-refractivity contribution in [3.63, 3.8) is 0 Å². The Kier molecular flexibility index (Phi) is 4.28. The van der Waals surface area contributed by atoms with Crippen LogP contribution >= 0.6 is 0 Å². The summed E-state index contributed by atoms with van der Waals surface area (Å²) in [5.41, 5.74) is 4.07. The molecule has 1 unspecified atom stereocenters. The van der Waals surface area contributed by atoms with Gasteiger partial charge in [-0.05, 0) is 36.1 Å². The smallest absolute Gasteiger partial charge is 0.213 e. The number of methoxy groups -OCH3 is 1. The first-order valence-electron chi connectivity index (χ1n) is 8.59. The molecule has 0 radical (unpaired) electrons. The fraction of sp³-hybridized carbons (Fsp3) is 0.250. The Hall–Kier alpha value is -3.33. The lowest BCUT2D eigenvalue weighted by atomic mass is 10.0. The van der Waals surface area contributed by atoms with Crippen LogP contribution in [-0.2, 0) is 0 Å². The number of benzene rings is 1. The molecule has 3 heterocycles. The maximum absolute atomic E-state index is 9.25. The molecule has 1 aliphatic rings. The van der Waals surface area contributed by atoms with E-state index in [1.54, 1.807) is 13.3 Å². The van der Waals surface area contributed by atoms with Gasteiger partial charge < -0.3 is 9.30 Å². The van der Waals surface area contributed by atoms with Gasteiger partial charge in [0.05, 0.1) is 19.1 Å².